The number of rotatable bonds is 6. The summed E-state index contributed by atoms with van der Waals surface area (Å²) in [4.78, 5) is 0. The van der Waals surface area contributed by atoms with Gasteiger partial charge in [-0.2, -0.15) is 0 Å². The van der Waals surface area contributed by atoms with Gasteiger partial charge in [-0.05, 0) is 55.1 Å². The summed E-state index contributed by atoms with van der Waals surface area (Å²) in [6.07, 6.45) is 0.905. The van der Waals surface area contributed by atoms with Crippen LogP contribution in [0.3, 0.4) is 0 Å². The molecule has 0 saturated heterocycles. The van der Waals surface area contributed by atoms with Gasteiger partial charge >= 0.3 is 0 Å². The predicted molar refractivity (Wildman–Crippen MR) is 84.5 cm³/mol. The third kappa shape index (κ3) is 3.99. The van der Waals surface area contributed by atoms with Crippen molar-refractivity contribution in [2.75, 3.05) is 13.2 Å². The van der Waals surface area contributed by atoms with Gasteiger partial charge in [0.05, 0.1) is 6.61 Å². The second-order valence-corrected chi connectivity index (χ2v) is 5.33. The van der Waals surface area contributed by atoms with Crippen LogP contribution in [0.1, 0.15) is 23.5 Å². The lowest BCUT2D eigenvalue weighted by molar-refractivity contribution is 0.296. The van der Waals surface area contributed by atoms with Gasteiger partial charge in [-0.3, -0.25) is 0 Å². The quantitative estimate of drug-likeness (QED) is 0.866. The van der Waals surface area contributed by atoms with Crippen molar-refractivity contribution in [3.63, 3.8) is 0 Å². The third-order valence-corrected chi connectivity index (χ3v) is 3.65. The lowest BCUT2D eigenvalue weighted by Gasteiger charge is -2.16. The highest BCUT2D eigenvalue weighted by atomic mass is 35.5. The van der Waals surface area contributed by atoms with E-state index in [-0.39, 0.29) is 0 Å². The van der Waals surface area contributed by atoms with E-state index in [1.807, 2.05) is 43.3 Å². The molecule has 2 aromatic carbocycles. The van der Waals surface area contributed by atoms with E-state index in [1.54, 1.807) is 0 Å². The zero-order valence-corrected chi connectivity index (χ0v) is 12.4. The Morgan fingerprint density at radius 3 is 2.55 bits per heavy atom. The summed E-state index contributed by atoms with van der Waals surface area (Å²) in [5.74, 6) is 1.22. The van der Waals surface area contributed by atoms with Crippen molar-refractivity contribution in [2.45, 2.75) is 19.3 Å². The first-order valence-electron chi connectivity index (χ1n) is 6.84. The molecule has 106 valence electrons. The summed E-state index contributed by atoms with van der Waals surface area (Å²) in [6.45, 7) is 3.28. The first-order chi connectivity index (χ1) is 9.70. The van der Waals surface area contributed by atoms with Crippen molar-refractivity contribution in [3.8, 4) is 5.75 Å². The fraction of sp³-hybridized carbons (Fsp3) is 0.294. The van der Waals surface area contributed by atoms with E-state index in [1.165, 1.54) is 5.56 Å². The minimum absolute atomic E-state index is 0.337. The van der Waals surface area contributed by atoms with Gasteiger partial charge in [0, 0.05) is 5.02 Å². The second kappa shape index (κ2) is 7.32. The van der Waals surface area contributed by atoms with Crippen LogP contribution in [0.15, 0.2) is 48.5 Å². The van der Waals surface area contributed by atoms with Crippen molar-refractivity contribution < 1.29 is 4.74 Å². The zero-order chi connectivity index (χ0) is 14.4. The van der Waals surface area contributed by atoms with Gasteiger partial charge in [-0.1, -0.05) is 41.9 Å². The number of aryl methyl sites for hydroxylation is 1. The molecule has 2 aromatic rings. The van der Waals surface area contributed by atoms with E-state index >= 15 is 0 Å². The fourth-order valence-corrected chi connectivity index (χ4v) is 2.46. The number of halogens is 1. The molecule has 0 aliphatic heterocycles. The Hall–Kier alpha value is -1.51. The normalized spacial score (nSPS) is 12.2. The summed E-state index contributed by atoms with van der Waals surface area (Å²) < 4.78 is 5.83. The molecule has 0 amide bonds. The molecular weight excluding hydrogens is 270 g/mol. The molecule has 0 radical (unpaired) electrons. The van der Waals surface area contributed by atoms with E-state index < -0.39 is 0 Å². The van der Waals surface area contributed by atoms with Crippen molar-refractivity contribution in [2.24, 2.45) is 5.73 Å². The highest BCUT2D eigenvalue weighted by molar-refractivity contribution is 6.30. The highest BCUT2D eigenvalue weighted by Gasteiger charge is 2.09. The van der Waals surface area contributed by atoms with Crippen molar-refractivity contribution in [3.05, 3.63) is 64.7 Å². The molecule has 3 heteroatoms. The number of benzene rings is 2. The SMILES string of the molecule is Cc1cc(Cl)ccc1OCCC(CN)c1ccccc1. The molecule has 1 unspecified atom stereocenters. The molecule has 0 fully saturated rings. The molecule has 0 spiro atoms. The molecule has 2 nitrogen and oxygen atoms in total. The lowest BCUT2D eigenvalue weighted by atomic mass is 9.96. The number of hydrogen-bond donors (Lipinski definition) is 1. The Morgan fingerprint density at radius 2 is 1.90 bits per heavy atom. The maximum absolute atomic E-state index is 5.93. The van der Waals surface area contributed by atoms with Gasteiger partial charge in [0.25, 0.3) is 0 Å². The molecule has 2 rings (SSSR count). The van der Waals surface area contributed by atoms with Crippen LogP contribution in [0.4, 0.5) is 0 Å². The predicted octanol–water partition coefficient (Wildman–Crippen LogP) is 4.16. The first kappa shape index (κ1) is 14.9. The Labute approximate surface area is 125 Å². The smallest absolute Gasteiger partial charge is 0.122 e. The van der Waals surface area contributed by atoms with Crippen LogP contribution in [0, 0.1) is 6.92 Å². The molecule has 20 heavy (non-hydrogen) atoms. The molecule has 1 atom stereocenters. The standard InChI is InChI=1S/C17H20ClNO/c1-13-11-16(18)7-8-17(13)20-10-9-15(12-19)14-5-3-2-4-6-14/h2-8,11,15H,9-10,12,19H2,1H3. The average Bonchev–Trinajstić information content (AvgIpc) is 2.46. The minimum Gasteiger partial charge on any atom is -0.493 e. The Kier molecular flexibility index (Phi) is 5.45. The van der Waals surface area contributed by atoms with E-state index in [4.69, 9.17) is 22.1 Å². The summed E-state index contributed by atoms with van der Waals surface area (Å²) in [6, 6.07) is 16.0. The first-order valence-corrected chi connectivity index (χ1v) is 7.22. The van der Waals surface area contributed by atoms with E-state index in [2.05, 4.69) is 12.1 Å². The van der Waals surface area contributed by atoms with Crippen LogP contribution >= 0.6 is 11.6 Å². The maximum atomic E-state index is 5.93. The molecular formula is C17H20ClNO. The van der Waals surface area contributed by atoms with E-state index in [9.17, 15) is 0 Å². The average molecular weight is 290 g/mol. The minimum atomic E-state index is 0.337. The van der Waals surface area contributed by atoms with Crippen LogP contribution < -0.4 is 10.5 Å². The topological polar surface area (TPSA) is 35.2 Å². The third-order valence-electron chi connectivity index (χ3n) is 3.42. The van der Waals surface area contributed by atoms with Gasteiger partial charge in [-0.15, -0.1) is 0 Å². The van der Waals surface area contributed by atoms with Gasteiger partial charge < -0.3 is 10.5 Å². The van der Waals surface area contributed by atoms with E-state index in [0.29, 0.717) is 19.1 Å². The Balaban J connectivity index is 1.91. The summed E-state index contributed by atoms with van der Waals surface area (Å²) in [5, 5.41) is 0.735. The number of ether oxygens (including phenoxy) is 1. The molecule has 0 aliphatic rings. The van der Waals surface area contributed by atoms with E-state index in [0.717, 1.165) is 22.8 Å². The maximum Gasteiger partial charge on any atom is 0.122 e. The Morgan fingerprint density at radius 1 is 1.15 bits per heavy atom. The molecule has 0 aliphatic carbocycles. The molecule has 0 heterocycles. The molecule has 0 bridgehead atoms. The van der Waals surface area contributed by atoms with Crippen LogP contribution in [-0.4, -0.2) is 13.2 Å². The van der Waals surface area contributed by atoms with Gasteiger partial charge in [0.15, 0.2) is 0 Å². The highest BCUT2D eigenvalue weighted by Crippen LogP contribution is 2.23. The van der Waals surface area contributed by atoms with Gasteiger partial charge in [0.2, 0.25) is 0 Å². The summed E-state index contributed by atoms with van der Waals surface area (Å²) in [5.41, 5.74) is 8.19. The van der Waals surface area contributed by atoms with Crippen LogP contribution in [0.2, 0.25) is 5.02 Å². The summed E-state index contributed by atoms with van der Waals surface area (Å²) in [7, 11) is 0. The van der Waals surface area contributed by atoms with Gasteiger partial charge in [0.1, 0.15) is 5.75 Å². The number of nitrogens with two attached hydrogens (primary N) is 1. The zero-order valence-electron chi connectivity index (χ0n) is 11.7. The van der Waals surface area contributed by atoms with Crippen LogP contribution in [-0.2, 0) is 0 Å². The lowest BCUT2D eigenvalue weighted by Crippen LogP contribution is -2.15. The van der Waals surface area contributed by atoms with Crippen LogP contribution in [0.25, 0.3) is 0 Å². The van der Waals surface area contributed by atoms with Crippen LogP contribution in [0.5, 0.6) is 5.75 Å². The van der Waals surface area contributed by atoms with Crippen molar-refractivity contribution in [1.29, 1.82) is 0 Å². The molecule has 0 aromatic heterocycles. The molecule has 2 N–H and O–H groups in total. The second-order valence-electron chi connectivity index (χ2n) is 4.89. The Bertz CT molecular complexity index is 542. The van der Waals surface area contributed by atoms with Crippen molar-refractivity contribution >= 4 is 11.6 Å². The monoisotopic (exact) mass is 289 g/mol. The summed E-state index contributed by atoms with van der Waals surface area (Å²) >= 11 is 5.93. The molecule has 0 saturated carbocycles. The largest absolute Gasteiger partial charge is 0.493 e. The number of hydrogen-bond acceptors (Lipinski definition) is 2. The van der Waals surface area contributed by atoms with Crippen molar-refractivity contribution in [1.82, 2.24) is 0 Å². The van der Waals surface area contributed by atoms with Gasteiger partial charge in [-0.25, -0.2) is 0 Å². The fourth-order valence-electron chi connectivity index (χ4n) is 2.23.